The topological polar surface area (TPSA) is 66.8 Å². The molecule has 6 heteroatoms. The molecule has 1 saturated heterocycles. The zero-order valence-electron chi connectivity index (χ0n) is 11.1. The quantitative estimate of drug-likeness (QED) is 0.902. The molecule has 108 valence electrons. The molecule has 1 amide bonds. The van der Waals surface area contributed by atoms with E-state index in [9.17, 15) is 14.0 Å². The van der Waals surface area contributed by atoms with Gasteiger partial charge in [-0.3, -0.25) is 4.79 Å². The average Bonchev–Trinajstić information content (AvgIpc) is 2.83. The lowest BCUT2D eigenvalue weighted by atomic mass is 10.1. The highest BCUT2D eigenvalue weighted by molar-refractivity contribution is 5.83. The van der Waals surface area contributed by atoms with Crippen molar-refractivity contribution in [3.05, 3.63) is 29.8 Å². The molecular weight excluding hydrogens is 265 g/mol. The summed E-state index contributed by atoms with van der Waals surface area (Å²) in [4.78, 5) is 24.2. The molecule has 1 N–H and O–H groups in total. The van der Waals surface area contributed by atoms with Crippen LogP contribution in [0.15, 0.2) is 24.3 Å². The van der Waals surface area contributed by atoms with E-state index in [1.807, 2.05) is 0 Å². The molecule has 0 radical (unpaired) electrons. The molecule has 1 heterocycles. The molecule has 1 aromatic carbocycles. The third-order valence-corrected chi connectivity index (χ3v) is 3.49. The molecule has 1 atom stereocenters. The predicted octanol–water partition coefficient (Wildman–Crippen LogP) is 1.26. The maximum absolute atomic E-state index is 13.9. The molecule has 1 unspecified atom stereocenters. The molecule has 0 saturated carbocycles. The van der Waals surface area contributed by atoms with Crippen molar-refractivity contribution in [1.82, 2.24) is 4.90 Å². The fraction of sp³-hybridized carbons (Fsp3) is 0.429. The lowest BCUT2D eigenvalue weighted by Gasteiger charge is -2.18. The smallest absolute Gasteiger partial charge is 0.343 e. The highest BCUT2D eigenvalue weighted by Crippen LogP contribution is 2.27. The van der Waals surface area contributed by atoms with Gasteiger partial charge in [0.15, 0.2) is 0 Å². The standard InChI is InChI=1S/C14H16FNO4/c1-20-11-5-3-2-4-10(11)8-12(17)16-7-6-14(15,9-16)13(18)19/h2-5H,6-9H2,1H3,(H,18,19). The molecule has 1 aliphatic rings. The van der Waals surface area contributed by atoms with Gasteiger partial charge in [-0.1, -0.05) is 18.2 Å². The van der Waals surface area contributed by atoms with Gasteiger partial charge in [-0.2, -0.15) is 0 Å². The number of alkyl halides is 1. The number of hydrogen-bond donors (Lipinski definition) is 1. The highest BCUT2D eigenvalue weighted by Gasteiger charge is 2.46. The van der Waals surface area contributed by atoms with Gasteiger partial charge in [0.05, 0.1) is 20.1 Å². The van der Waals surface area contributed by atoms with Gasteiger partial charge in [0.2, 0.25) is 11.6 Å². The first-order valence-electron chi connectivity index (χ1n) is 6.28. The number of likely N-dealkylation sites (tertiary alicyclic amines) is 1. The molecule has 2 rings (SSSR count). The van der Waals surface area contributed by atoms with Crippen LogP contribution in [0.5, 0.6) is 5.75 Å². The van der Waals surface area contributed by atoms with E-state index >= 15 is 0 Å². The van der Waals surface area contributed by atoms with Crippen molar-refractivity contribution < 1.29 is 23.8 Å². The van der Waals surface area contributed by atoms with Crippen LogP contribution in [-0.2, 0) is 16.0 Å². The molecule has 1 fully saturated rings. The van der Waals surface area contributed by atoms with Crippen molar-refractivity contribution in [3.8, 4) is 5.75 Å². The number of benzene rings is 1. The number of rotatable bonds is 4. The van der Waals surface area contributed by atoms with Crippen molar-refractivity contribution in [3.63, 3.8) is 0 Å². The van der Waals surface area contributed by atoms with Crippen LogP contribution in [0, 0.1) is 0 Å². The van der Waals surface area contributed by atoms with Crippen molar-refractivity contribution in [2.24, 2.45) is 0 Å². The number of amides is 1. The number of carboxylic acids is 1. The SMILES string of the molecule is COc1ccccc1CC(=O)N1CCC(F)(C(=O)O)C1. The molecule has 0 spiro atoms. The Morgan fingerprint density at radius 3 is 2.75 bits per heavy atom. The van der Waals surface area contributed by atoms with E-state index in [-0.39, 0.29) is 25.3 Å². The highest BCUT2D eigenvalue weighted by atomic mass is 19.1. The minimum absolute atomic E-state index is 0.0692. The van der Waals surface area contributed by atoms with Crippen molar-refractivity contribution in [2.45, 2.75) is 18.5 Å². The second kappa shape index (κ2) is 5.48. The number of ether oxygens (including phenoxy) is 1. The molecule has 0 aliphatic carbocycles. The number of carboxylic acid groups (broad SMARTS) is 1. The number of methoxy groups -OCH3 is 1. The van der Waals surface area contributed by atoms with Crippen LogP contribution in [0.3, 0.4) is 0 Å². The van der Waals surface area contributed by atoms with E-state index in [1.165, 1.54) is 12.0 Å². The Morgan fingerprint density at radius 1 is 1.45 bits per heavy atom. The average molecular weight is 281 g/mol. The van der Waals surface area contributed by atoms with Crippen LogP contribution >= 0.6 is 0 Å². The third-order valence-electron chi connectivity index (χ3n) is 3.49. The van der Waals surface area contributed by atoms with Gasteiger partial charge in [-0.15, -0.1) is 0 Å². The Morgan fingerprint density at radius 2 is 2.15 bits per heavy atom. The lowest BCUT2D eigenvalue weighted by molar-refractivity contribution is -0.150. The Bertz CT molecular complexity index is 534. The first-order chi connectivity index (χ1) is 9.46. The van der Waals surface area contributed by atoms with E-state index in [1.54, 1.807) is 24.3 Å². The van der Waals surface area contributed by atoms with Gasteiger partial charge in [-0.05, 0) is 6.07 Å². The van der Waals surface area contributed by atoms with E-state index in [0.717, 1.165) is 0 Å². The van der Waals surface area contributed by atoms with Crippen LogP contribution in [0.1, 0.15) is 12.0 Å². The summed E-state index contributed by atoms with van der Waals surface area (Å²) in [6.07, 6.45) is -0.0975. The van der Waals surface area contributed by atoms with Gasteiger partial charge < -0.3 is 14.7 Å². The first kappa shape index (κ1) is 14.3. The molecule has 1 aromatic rings. The van der Waals surface area contributed by atoms with Gasteiger partial charge in [0.1, 0.15) is 5.75 Å². The number of carbonyl (C=O) groups is 2. The first-order valence-corrected chi connectivity index (χ1v) is 6.28. The van der Waals surface area contributed by atoms with E-state index < -0.39 is 18.2 Å². The summed E-state index contributed by atoms with van der Waals surface area (Å²) in [5.74, 6) is -1.22. The number of carbonyl (C=O) groups excluding carboxylic acids is 1. The number of halogens is 1. The van der Waals surface area contributed by atoms with Crippen molar-refractivity contribution >= 4 is 11.9 Å². The molecule has 5 nitrogen and oxygen atoms in total. The van der Waals surface area contributed by atoms with E-state index in [0.29, 0.717) is 11.3 Å². The lowest BCUT2D eigenvalue weighted by Crippen LogP contribution is -2.39. The Balaban J connectivity index is 2.05. The van der Waals surface area contributed by atoms with Gasteiger partial charge in [0, 0.05) is 18.5 Å². The van der Waals surface area contributed by atoms with E-state index in [2.05, 4.69) is 0 Å². The van der Waals surface area contributed by atoms with Crippen LogP contribution in [-0.4, -0.2) is 47.8 Å². The fourth-order valence-electron chi connectivity index (χ4n) is 2.28. The molecule has 0 aromatic heterocycles. The van der Waals surface area contributed by atoms with Crippen LogP contribution in [0.4, 0.5) is 4.39 Å². The number of hydrogen-bond acceptors (Lipinski definition) is 3. The number of aliphatic carboxylic acids is 1. The van der Waals surface area contributed by atoms with Gasteiger partial charge in [0.25, 0.3) is 0 Å². The Labute approximate surface area is 116 Å². The molecular formula is C14H16FNO4. The summed E-state index contributed by atoms with van der Waals surface area (Å²) in [5, 5.41) is 8.81. The number of nitrogens with zero attached hydrogens (tertiary/aromatic N) is 1. The predicted molar refractivity (Wildman–Crippen MR) is 69.4 cm³/mol. The van der Waals surface area contributed by atoms with E-state index in [4.69, 9.17) is 9.84 Å². The third kappa shape index (κ3) is 2.74. The van der Waals surface area contributed by atoms with Crippen molar-refractivity contribution in [1.29, 1.82) is 0 Å². The van der Waals surface area contributed by atoms with Crippen molar-refractivity contribution in [2.75, 3.05) is 20.2 Å². The van der Waals surface area contributed by atoms with Gasteiger partial charge in [-0.25, -0.2) is 9.18 Å². The summed E-state index contributed by atoms with van der Waals surface area (Å²) < 4.78 is 19.1. The minimum atomic E-state index is -2.32. The second-order valence-corrected chi connectivity index (χ2v) is 4.82. The summed E-state index contributed by atoms with van der Waals surface area (Å²) in [6.45, 7) is -0.271. The van der Waals surface area contributed by atoms with Crippen LogP contribution in [0.25, 0.3) is 0 Å². The normalized spacial score (nSPS) is 21.8. The second-order valence-electron chi connectivity index (χ2n) is 4.82. The maximum atomic E-state index is 13.9. The largest absolute Gasteiger partial charge is 0.496 e. The monoisotopic (exact) mass is 281 g/mol. The molecule has 20 heavy (non-hydrogen) atoms. The molecule has 0 bridgehead atoms. The minimum Gasteiger partial charge on any atom is -0.496 e. The summed E-state index contributed by atoms with van der Waals surface area (Å²) >= 11 is 0. The summed E-state index contributed by atoms with van der Waals surface area (Å²) in [7, 11) is 1.51. The Hall–Kier alpha value is -2.11. The Kier molecular flexibility index (Phi) is 3.92. The zero-order chi connectivity index (χ0) is 14.8. The molecule has 1 aliphatic heterocycles. The summed E-state index contributed by atoms with van der Waals surface area (Å²) in [5.41, 5.74) is -1.62. The maximum Gasteiger partial charge on any atom is 0.343 e. The fourth-order valence-corrected chi connectivity index (χ4v) is 2.28. The number of para-hydroxylation sites is 1. The zero-order valence-corrected chi connectivity index (χ0v) is 11.1. The summed E-state index contributed by atoms with van der Waals surface area (Å²) in [6, 6.07) is 7.07. The van der Waals surface area contributed by atoms with Crippen LogP contribution in [0.2, 0.25) is 0 Å². The van der Waals surface area contributed by atoms with Gasteiger partial charge >= 0.3 is 5.97 Å². The van der Waals surface area contributed by atoms with Crippen LogP contribution < -0.4 is 4.74 Å².